The second-order valence-corrected chi connectivity index (χ2v) is 8.45. The summed E-state index contributed by atoms with van der Waals surface area (Å²) in [7, 11) is 0. The number of fused-ring (bicyclic) bond motifs is 3. The molecule has 0 spiro atoms. The van der Waals surface area contributed by atoms with Crippen molar-refractivity contribution in [2.45, 2.75) is 32.5 Å². The Morgan fingerprint density at radius 3 is 2.43 bits per heavy atom. The molecule has 4 rings (SSSR count). The molecule has 0 aliphatic heterocycles. The Hall–Kier alpha value is -2.57. The molecular weight excluding hydrogens is 392 g/mol. The summed E-state index contributed by atoms with van der Waals surface area (Å²) >= 11 is 1.77. The third-order valence-corrected chi connectivity index (χ3v) is 6.51. The number of aromatic nitrogens is 3. The van der Waals surface area contributed by atoms with Gasteiger partial charge >= 0.3 is 0 Å². The smallest absolute Gasteiger partial charge is 0.229 e. The van der Waals surface area contributed by atoms with E-state index in [0.717, 1.165) is 52.6 Å². The SMILES string of the molecule is CCN(CC)CCSc1nc2c3ccccc3n(C(C)=O)c2n1Cc1ccccc1. The van der Waals surface area contributed by atoms with Gasteiger partial charge in [-0.25, -0.2) is 4.98 Å². The highest BCUT2D eigenvalue weighted by atomic mass is 32.2. The Balaban J connectivity index is 1.82. The molecule has 2 heterocycles. The van der Waals surface area contributed by atoms with Crippen molar-refractivity contribution >= 4 is 39.7 Å². The molecule has 2 aromatic heterocycles. The fourth-order valence-corrected chi connectivity index (χ4v) is 4.95. The summed E-state index contributed by atoms with van der Waals surface area (Å²) in [5.41, 5.74) is 3.91. The first-order chi connectivity index (χ1) is 14.6. The van der Waals surface area contributed by atoms with E-state index in [4.69, 9.17) is 4.98 Å². The van der Waals surface area contributed by atoms with E-state index in [2.05, 4.69) is 53.6 Å². The van der Waals surface area contributed by atoms with Gasteiger partial charge in [0.2, 0.25) is 5.91 Å². The summed E-state index contributed by atoms with van der Waals surface area (Å²) in [5.74, 6) is 0.976. The van der Waals surface area contributed by atoms with E-state index in [0.29, 0.717) is 6.54 Å². The van der Waals surface area contributed by atoms with Crippen LogP contribution in [0.4, 0.5) is 0 Å². The third-order valence-electron chi connectivity index (χ3n) is 5.55. The number of carbonyl (C=O) groups excluding carboxylic acids is 1. The van der Waals surface area contributed by atoms with Crippen LogP contribution in [0, 0.1) is 0 Å². The second kappa shape index (κ2) is 9.06. The topological polar surface area (TPSA) is 43.1 Å². The van der Waals surface area contributed by atoms with Gasteiger partial charge in [0, 0.05) is 24.6 Å². The number of imidazole rings is 1. The van der Waals surface area contributed by atoms with Gasteiger partial charge in [-0.2, -0.15) is 0 Å². The minimum atomic E-state index is 0.00935. The number of benzene rings is 2. The van der Waals surface area contributed by atoms with Crippen molar-refractivity contribution in [1.82, 2.24) is 19.0 Å². The van der Waals surface area contributed by atoms with Crippen LogP contribution in [-0.4, -0.2) is 50.3 Å². The van der Waals surface area contributed by atoms with Gasteiger partial charge in [0.05, 0.1) is 12.1 Å². The van der Waals surface area contributed by atoms with Crippen LogP contribution < -0.4 is 0 Å². The van der Waals surface area contributed by atoms with Gasteiger partial charge in [0.1, 0.15) is 11.2 Å². The average molecular weight is 421 g/mol. The van der Waals surface area contributed by atoms with Crippen molar-refractivity contribution in [1.29, 1.82) is 0 Å². The van der Waals surface area contributed by atoms with E-state index in [-0.39, 0.29) is 5.91 Å². The monoisotopic (exact) mass is 420 g/mol. The van der Waals surface area contributed by atoms with Crippen LogP contribution in [0.1, 0.15) is 31.1 Å². The highest BCUT2D eigenvalue weighted by Crippen LogP contribution is 2.33. The van der Waals surface area contributed by atoms with Crippen molar-refractivity contribution in [3.8, 4) is 0 Å². The summed E-state index contributed by atoms with van der Waals surface area (Å²) < 4.78 is 4.02. The van der Waals surface area contributed by atoms with E-state index in [9.17, 15) is 4.79 Å². The molecule has 0 fully saturated rings. The number of hydrogen-bond acceptors (Lipinski definition) is 4. The zero-order valence-corrected chi connectivity index (χ0v) is 18.7. The molecule has 0 saturated carbocycles. The Labute approximate surface area is 181 Å². The van der Waals surface area contributed by atoms with Crippen molar-refractivity contribution in [2.75, 3.05) is 25.4 Å². The molecule has 30 heavy (non-hydrogen) atoms. The maximum absolute atomic E-state index is 12.6. The number of rotatable bonds is 8. The first-order valence-electron chi connectivity index (χ1n) is 10.5. The Kier molecular flexibility index (Phi) is 6.25. The van der Waals surface area contributed by atoms with Crippen LogP contribution in [0.5, 0.6) is 0 Å². The minimum absolute atomic E-state index is 0.00935. The average Bonchev–Trinajstić information content (AvgIpc) is 3.27. The lowest BCUT2D eigenvalue weighted by atomic mass is 10.2. The molecule has 0 atom stereocenters. The fourth-order valence-electron chi connectivity index (χ4n) is 3.96. The maximum atomic E-state index is 12.6. The molecule has 0 unspecified atom stereocenters. The quantitative estimate of drug-likeness (QED) is 0.371. The van der Waals surface area contributed by atoms with E-state index >= 15 is 0 Å². The molecule has 4 aromatic rings. The molecule has 0 aliphatic carbocycles. The van der Waals surface area contributed by atoms with Gasteiger partial charge in [0.25, 0.3) is 0 Å². The van der Waals surface area contributed by atoms with E-state index in [1.165, 1.54) is 5.56 Å². The molecule has 0 bridgehead atoms. The second-order valence-electron chi connectivity index (χ2n) is 7.39. The maximum Gasteiger partial charge on any atom is 0.229 e. The van der Waals surface area contributed by atoms with Crippen LogP contribution in [-0.2, 0) is 6.54 Å². The lowest BCUT2D eigenvalue weighted by Gasteiger charge is -2.17. The Morgan fingerprint density at radius 2 is 1.73 bits per heavy atom. The summed E-state index contributed by atoms with van der Waals surface area (Å²) in [6.07, 6.45) is 0. The predicted octanol–water partition coefficient (Wildman–Crippen LogP) is 5.13. The highest BCUT2D eigenvalue weighted by molar-refractivity contribution is 7.99. The van der Waals surface area contributed by atoms with Crippen molar-refractivity contribution in [3.63, 3.8) is 0 Å². The first kappa shape index (κ1) is 20.7. The lowest BCUT2D eigenvalue weighted by Crippen LogP contribution is -2.25. The molecule has 0 N–H and O–H groups in total. The standard InChI is InChI=1S/C24H28N4OS/c1-4-26(5-2)15-16-30-24-25-22-20-13-9-10-14-21(20)28(18(3)29)23(22)27(24)17-19-11-7-6-8-12-19/h6-14H,4-5,15-17H2,1-3H3. The van der Waals surface area contributed by atoms with E-state index in [1.54, 1.807) is 18.7 Å². The van der Waals surface area contributed by atoms with Crippen LogP contribution in [0.15, 0.2) is 59.8 Å². The van der Waals surface area contributed by atoms with Crippen molar-refractivity contribution in [2.24, 2.45) is 0 Å². The molecular formula is C24H28N4OS. The third kappa shape index (κ3) is 3.89. The number of carbonyl (C=O) groups is 1. The summed E-state index contributed by atoms with van der Waals surface area (Å²) in [4.78, 5) is 20.1. The van der Waals surface area contributed by atoms with Gasteiger partial charge < -0.3 is 9.47 Å². The number of para-hydroxylation sites is 1. The molecule has 0 radical (unpaired) electrons. The largest absolute Gasteiger partial charge is 0.303 e. The Morgan fingerprint density at radius 1 is 1.03 bits per heavy atom. The number of hydrogen-bond donors (Lipinski definition) is 0. The molecule has 5 nitrogen and oxygen atoms in total. The fraction of sp³-hybridized carbons (Fsp3) is 0.333. The highest BCUT2D eigenvalue weighted by Gasteiger charge is 2.22. The summed E-state index contributed by atoms with van der Waals surface area (Å²) in [6.45, 7) is 9.83. The van der Waals surface area contributed by atoms with Gasteiger partial charge in [-0.3, -0.25) is 9.36 Å². The molecule has 2 aromatic carbocycles. The molecule has 0 amide bonds. The summed E-state index contributed by atoms with van der Waals surface area (Å²) in [6, 6.07) is 18.4. The van der Waals surface area contributed by atoms with Gasteiger partial charge in [-0.05, 0) is 24.7 Å². The molecule has 0 saturated heterocycles. The normalized spacial score (nSPS) is 11.7. The number of thioether (sulfide) groups is 1. The Bertz CT molecular complexity index is 1160. The van der Waals surface area contributed by atoms with Gasteiger partial charge in [0.15, 0.2) is 5.16 Å². The van der Waals surface area contributed by atoms with Crippen LogP contribution in [0.25, 0.3) is 22.1 Å². The van der Waals surface area contributed by atoms with Crippen molar-refractivity contribution in [3.05, 3.63) is 60.2 Å². The van der Waals surface area contributed by atoms with Crippen LogP contribution in [0.3, 0.4) is 0 Å². The number of nitrogens with zero attached hydrogens (tertiary/aromatic N) is 4. The first-order valence-corrected chi connectivity index (χ1v) is 11.5. The van der Waals surface area contributed by atoms with Crippen LogP contribution >= 0.6 is 11.8 Å². The van der Waals surface area contributed by atoms with Crippen LogP contribution in [0.2, 0.25) is 0 Å². The van der Waals surface area contributed by atoms with Gasteiger partial charge in [-0.1, -0.05) is 74.1 Å². The van der Waals surface area contributed by atoms with E-state index in [1.807, 2.05) is 28.8 Å². The molecule has 6 heteroatoms. The summed E-state index contributed by atoms with van der Waals surface area (Å²) in [5, 5.41) is 2.00. The molecule has 156 valence electrons. The molecule has 0 aliphatic rings. The lowest BCUT2D eigenvalue weighted by molar-refractivity contribution is 0.0945. The predicted molar refractivity (Wildman–Crippen MR) is 126 cm³/mol. The van der Waals surface area contributed by atoms with Gasteiger partial charge in [-0.15, -0.1) is 0 Å². The van der Waals surface area contributed by atoms with Crippen molar-refractivity contribution < 1.29 is 4.79 Å². The zero-order valence-electron chi connectivity index (χ0n) is 17.8. The van der Waals surface area contributed by atoms with E-state index < -0.39 is 0 Å². The minimum Gasteiger partial charge on any atom is -0.303 e. The zero-order chi connectivity index (χ0) is 21.1.